The van der Waals surface area contributed by atoms with Crippen LogP contribution in [-0.4, -0.2) is 35.7 Å². The summed E-state index contributed by atoms with van der Waals surface area (Å²) in [7, 11) is 0. The summed E-state index contributed by atoms with van der Waals surface area (Å²) < 4.78 is 0. The van der Waals surface area contributed by atoms with Crippen LogP contribution in [0.1, 0.15) is 32.6 Å². The van der Waals surface area contributed by atoms with Crippen LogP contribution in [0.4, 0.5) is 0 Å². The Morgan fingerprint density at radius 2 is 2.27 bits per heavy atom. The van der Waals surface area contributed by atoms with E-state index in [9.17, 15) is 4.79 Å². The molecule has 0 spiro atoms. The highest BCUT2D eigenvalue weighted by Crippen LogP contribution is 2.28. The second-order valence-corrected chi connectivity index (χ2v) is 5.21. The minimum absolute atomic E-state index is 0.166. The van der Waals surface area contributed by atoms with Gasteiger partial charge in [-0.05, 0) is 25.2 Å². The van der Waals surface area contributed by atoms with E-state index in [-0.39, 0.29) is 12.0 Å². The zero-order valence-electron chi connectivity index (χ0n) is 9.25. The fraction of sp³-hybridized carbons (Fsp3) is 0.909. The zero-order valence-corrected chi connectivity index (χ0v) is 9.25. The van der Waals surface area contributed by atoms with E-state index in [0.29, 0.717) is 6.04 Å². The summed E-state index contributed by atoms with van der Waals surface area (Å²) in [6, 6.07) is 0.529. The molecule has 2 unspecified atom stereocenters. The van der Waals surface area contributed by atoms with Gasteiger partial charge in [0.15, 0.2) is 0 Å². The molecule has 1 aliphatic heterocycles. The lowest BCUT2D eigenvalue weighted by Gasteiger charge is -2.44. The number of carboxylic acids is 1. The van der Waals surface area contributed by atoms with Gasteiger partial charge in [0.1, 0.15) is 0 Å². The van der Waals surface area contributed by atoms with E-state index in [1.807, 2.05) is 0 Å². The molecule has 2 atom stereocenters. The van der Waals surface area contributed by atoms with Crippen LogP contribution in [0.3, 0.4) is 0 Å². The summed E-state index contributed by atoms with van der Waals surface area (Å²) in [5.74, 6) is 0.0902. The average molecular weight is 212 g/mol. The maximum Gasteiger partial charge on any atom is 0.305 e. The third-order valence-corrected chi connectivity index (χ3v) is 3.62. The van der Waals surface area contributed by atoms with Crippen LogP contribution in [0.2, 0.25) is 0 Å². The van der Waals surface area contributed by atoms with Crippen LogP contribution < -0.4 is 10.6 Å². The van der Waals surface area contributed by atoms with Crippen LogP contribution in [0, 0.1) is 5.92 Å². The van der Waals surface area contributed by atoms with Gasteiger partial charge in [-0.25, -0.2) is 0 Å². The van der Waals surface area contributed by atoms with Gasteiger partial charge in [-0.1, -0.05) is 6.92 Å². The van der Waals surface area contributed by atoms with Gasteiger partial charge in [-0.3, -0.25) is 4.79 Å². The van der Waals surface area contributed by atoms with E-state index in [1.54, 1.807) is 0 Å². The monoisotopic (exact) mass is 212 g/mol. The van der Waals surface area contributed by atoms with Crippen molar-refractivity contribution in [2.24, 2.45) is 5.92 Å². The van der Waals surface area contributed by atoms with Gasteiger partial charge in [0.25, 0.3) is 0 Å². The number of carbonyl (C=O) groups is 1. The lowest BCUT2D eigenvalue weighted by Crippen LogP contribution is -2.70. The molecule has 1 saturated heterocycles. The fourth-order valence-electron chi connectivity index (χ4n) is 2.77. The summed E-state index contributed by atoms with van der Waals surface area (Å²) in [5, 5.41) is 15.6. The van der Waals surface area contributed by atoms with E-state index in [2.05, 4.69) is 17.6 Å². The number of nitrogens with one attached hydrogen (secondary N) is 2. The lowest BCUT2D eigenvalue weighted by atomic mass is 9.87. The summed E-state index contributed by atoms with van der Waals surface area (Å²) in [6.45, 7) is 3.86. The highest BCUT2D eigenvalue weighted by molar-refractivity contribution is 5.68. The highest BCUT2D eigenvalue weighted by atomic mass is 16.4. The van der Waals surface area contributed by atoms with Gasteiger partial charge < -0.3 is 15.7 Å². The van der Waals surface area contributed by atoms with Crippen LogP contribution in [0.15, 0.2) is 0 Å². The predicted molar refractivity (Wildman–Crippen MR) is 57.8 cm³/mol. The van der Waals surface area contributed by atoms with Crippen molar-refractivity contribution in [3.63, 3.8) is 0 Å². The lowest BCUT2D eigenvalue weighted by molar-refractivity contribution is -0.139. The van der Waals surface area contributed by atoms with E-state index < -0.39 is 5.97 Å². The Labute approximate surface area is 90.4 Å². The van der Waals surface area contributed by atoms with Gasteiger partial charge in [-0.15, -0.1) is 0 Å². The molecule has 4 heteroatoms. The molecule has 3 N–H and O–H groups in total. The van der Waals surface area contributed by atoms with Crippen molar-refractivity contribution in [2.75, 3.05) is 13.1 Å². The molecule has 2 rings (SSSR count). The fourth-order valence-corrected chi connectivity index (χ4v) is 2.77. The summed E-state index contributed by atoms with van der Waals surface area (Å²) >= 11 is 0. The first-order valence-electron chi connectivity index (χ1n) is 5.80. The minimum Gasteiger partial charge on any atom is -0.481 e. The van der Waals surface area contributed by atoms with Crippen LogP contribution in [0.25, 0.3) is 0 Å². The molecular weight excluding hydrogens is 192 g/mol. The molecule has 0 aromatic heterocycles. The first kappa shape index (κ1) is 10.9. The summed E-state index contributed by atoms with van der Waals surface area (Å²) in [4.78, 5) is 10.8. The first-order valence-corrected chi connectivity index (χ1v) is 5.80. The Balaban J connectivity index is 1.87. The van der Waals surface area contributed by atoms with E-state index in [4.69, 9.17) is 5.11 Å². The predicted octanol–water partition coefficient (Wildman–Crippen LogP) is 0.581. The summed E-state index contributed by atoms with van der Waals surface area (Å²) in [5.41, 5.74) is -0.166. The standard InChI is InChI=1S/C11H20N2O2/c1-8-2-3-9(4-8)13-11(5-10(14)15)6-12-7-11/h8-9,12-13H,2-7H2,1H3,(H,14,15). The van der Waals surface area contributed by atoms with E-state index in [1.165, 1.54) is 19.3 Å². The van der Waals surface area contributed by atoms with Gasteiger partial charge in [0.05, 0.1) is 12.0 Å². The summed E-state index contributed by atoms with van der Waals surface area (Å²) in [6.07, 6.45) is 3.91. The van der Waals surface area contributed by atoms with Crippen molar-refractivity contribution in [1.82, 2.24) is 10.6 Å². The van der Waals surface area contributed by atoms with Gasteiger partial charge in [0, 0.05) is 19.1 Å². The van der Waals surface area contributed by atoms with Crippen molar-refractivity contribution in [2.45, 2.75) is 44.2 Å². The third kappa shape index (κ3) is 2.49. The normalized spacial score (nSPS) is 33.7. The average Bonchev–Trinajstić information content (AvgIpc) is 2.46. The van der Waals surface area contributed by atoms with E-state index >= 15 is 0 Å². The van der Waals surface area contributed by atoms with E-state index in [0.717, 1.165) is 19.0 Å². The van der Waals surface area contributed by atoms with Crippen LogP contribution >= 0.6 is 0 Å². The van der Waals surface area contributed by atoms with Gasteiger partial charge in [0.2, 0.25) is 0 Å². The zero-order chi connectivity index (χ0) is 10.9. The topological polar surface area (TPSA) is 61.4 Å². The maximum atomic E-state index is 10.8. The second-order valence-electron chi connectivity index (χ2n) is 5.21. The minimum atomic E-state index is -0.699. The smallest absolute Gasteiger partial charge is 0.305 e. The molecule has 0 bridgehead atoms. The molecule has 0 aromatic rings. The van der Waals surface area contributed by atoms with Crippen LogP contribution in [-0.2, 0) is 4.79 Å². The largest absolute Gasteiger partial charge is 0.481 e. The molecule has 0 aromatic carbocycles. The molecule has 1 aliphatic carbocycles. The molecule has 0 amide bonds. The molecule has 4 nitrogen and oxygen atoms in total. The van der Waals surface area contributed by atoms with Gasteiger partial charge in [-0.2, -0.15) is 0 Å². The Hall–Kier alpha value is -0.610. The SMILES string of the molecule is CC1CCC(NC2(CC(=O)O)CNC2)C1. The van der Waals surface area contributed by atoms with Crippen LogP contribution in [0.5, 0.6) is 0 Å². The highest BCUT2D eigenvalue weighted by Gasteiger charge is 2.41. The maximum absolute atomic E-state index is 10.8. The molecule has 1 heterocycles. The molecular formula is C11H20N2O2. The number of aliphatic carboxylic acids is 1. The Morgan fingerprint density at radius 3 is 2.67 bits per heavy atom. The van der Waals surface area contributed by atoms with Crippen molar-refractivity contribution >= 4 is 5.97 Å². The number of rotatable bonds is 4. The third-order valence-electron chi connectivity index (χ3n) is 3.62. The molecule has 2 fully saturated rings. The molecule has 0 radical (unpaired) electrons. The second kappa shape index (κ2) is 4.10. The number of hydrogen-bond acceptors (Lipinski definition) is 3. The quantitative estimate of drug-likeness (QED) is 0.638. The number of carboxylic acid groups (broad SMARTS) is 1. The Bertz CT molecular complexity index is 251. The van der Waals surface area contributed by atoms with Crippen molar-refractivity contribution in [3.05, 3.63) is 0 Å². The number of hydrogen-bond donors (Lipinski definition) is 3. The van der Waals surface area contributed by atoms with Crippen molar-refractivity contribution < 1.29 is 9.90 Å². The Kier molecular flexibility index (Phi) is 2.98. The molecule has 1 saturated carbocycles. The first-order chi connectivity index (χ1) is 7.10. The molecule has 15 heavy (non-hydrogen) atoms. The Morgan fingerprint density at radius 1 is 1.53 bits per heavy atom. The molecule has 2 aliphatic rings. The molecule has 86 valence electrons. The van der Waals surface area contributed by atoms with Crippen molar-refractivity contribution in [3.8, 4) is 0 Å². The van der Waals surface area contributed by atoms with Crippen molar-refractivity contribution in [1.29, 1.82) is 0 Å². The van der Waals surface area contributed by atoms with Gasteiger partial charge >= 0.3 is 5.97 Å².